The second-order valence-corrected chi connectivity index (χ2v) is 7.80. The molecule has 1 amide bonds. The van der Waals surface area contributed by atoms with Crippen LogP contribution in [-0.4, -0.2) is 29.9 Å². The number of likely N-dealkylation sites (tertiary alicyclic amines) is 1. The highest BCUT2D eigenvalue weighted by molar-refractivity contribution is 5.94. The molecule has 0 aromatic heterocycles. The second-order valence-electron chi connectivity index (χ2n) is 7.80. The summed E-state index contributed by atoms with van der Waals surface area (Å²) in [5.41, 5.74) is 0.588. The van der Waals surface area contributed by atoms with Gasteiger partial charge in [0.05, 0.1) is 0 Å². The second kappa shape index (κ2) is 9.87. The lowest BCUT2D eigenvalue weighted by molar-refractivity contribution is 0.0908. The predicted molar refractivity (Wildman–Crippen MR) is 115 cm³/mol. The number of amides is 1. The number of hydrogen-bond donors (Lipinski definition) is 1. The Kier molecular flexibility index (Phi) is 6.75. The lowest BCUT2D eigenvalue weighted by Crippen LogP contribution is -2.44. The molecule has 0 radical (unpaired) electrons. The number of carbonyl (C=O) groups excluding carboxylic acids is 1. The first-order valence-corrected chi connectivity index (χ1v) is 10.5. The van der Waals surface area contributed by atoms with Crippen molar-refractivity contribution in [1.29, 1.82) is 0 Å². The molecule has 1 fully saturated rings. The van der Waals surface area contributed by atoms with Crippen LogP contribution in [0.3, 0.4) is 0 Å². The van der Waals surface area contributed by atoms with Crippen LogP contribution in [0.5, 0.6) is 11.5 Å². The Balaban J connectivity index is 1.27. The highest BCUT2D eigenvalue weighted by Crippen LogP contribution is 2.22. The van der Waals surface area contributed by atoms with E-state index < -0.39 is 11.6 Å². The largest absolute Gasteiger partial charge is 0.457 e. The Hall–Kier alpha value is -3.32. The van der Waals surface area contributed by atoms with E-state index in [2.05, 4.69) is 5.32 Å². The van der Waals surface area contributed by atoms with Gasteiger partial charge in [0.15, 0.2) is 0 Å². The lowest BCUT2D eigenvalue weighted by atomic mass is 10.0. The number of nitrogens with one attached hydrogen (secondary N) is 1. The summed E-state index contributed by atoms with van der Waals surface area (Å²) >= 11 is 0. The van der Waals surface area contributed by atoms with Crippen LogP contribution in [0.15, 0.2) is 66.7 Å². The molecule has 0 unspecified atom stereocenters. The molecular formula is C25H23F3N2O2. The van der Waals surface area contributed by atoms with Crippen molar-refractivity contribution in [1.82, 2.24) is 10.2 Å². The van der Waals surface area contributed by atoms with Gasteiger partial charge in [0, 0.05) is 36.8 Å². The Morgan fingerprint density at radius 3 is 2.03 bits per heavy atom. The number of benzene rings is 3. The molecule has 0 atom stereocenters. The highest BCUT2D eigenvalue weighted by atomic mass is 19.1. The minimum atomic E-state index is -0.535. The molecule has 3 aromatic carbocycles. The molecule has 0 spiro atoms. The van der Waals surface area contributed by atoms with Crippen LogP contribution in [0.2, 0.25) is 0 Å². The van der Waals surface area contributed by atoms with E-state index in [0.29, 0.717) is 43.0 Å². The summed E-state index contributed by atoms with van der Waals surface area (Å²) in [5, 5.41) is 3.02. The number of hydrogen-bond acceptors (Lipinski definition) is 3. The number of halogens is 3. The van der Waals surface area contributed by atoms with Crippen molar-refractivity contribution in [2.75, 3.05) is 13.1 Å². The van der Waals surface area contributed by atoms with Gasteiger partial charge in [-0.05, 0) is 73.5 Å². The Bertz CT molecular complexity index is 1040. The van der Waals surface area contributed by atoms with Gasteiger partial charge in [-0.1, -0.05) is 6.07 Å². The Morgan fingerprint density at radius 2 is 1.44 bits per heavy atom. The van der Waals surface area contributed by atoms with Gasteiger partial charge in [0.25, 0.3) is 5.91 Å². The van der Waals surface area contributed by atoms with E-state index in [-0.39, 0.29) is 29.9 Å². The van der Waals surface area contributed by atoms with E-state index in [1.807, 2.05) is 4.90 Å². The summed E-state index contributed by atoms with van der Waals surface area (Å²) < 4.78 is 46.3. The van der Waals surface area contributed by atoms with Crippen molar-refractivity contribution >= 4 is 5.91 Å². The molecule has 0 aliphatic carbocycles. The third-order valence-corrected chi connectivity index (χ3v) is 5.53. The van der Waals surface area contributed by atoms with Crippen molar-refractivity contribution in [2.45, 2.75) is 25.4 Å². The minimum absolute atomic E-state index is 0.000594. The van der Waals surface area contributed by atoms with Gasteiger partial charge in [-0.25, -0.2) is 13.2 Å². The van der Waals surface area contributed by atoms with Crippen molar-refractivity contribution in [3.05, 3.63) is 95.3 Å². The van der Waals surface area contributed by atoms with Gasteiger partial charge in [-0.3, -0.25) is 9.69 Å². The van der Waals surface area contributed by atoms with Gasteiger partial charge in [-0.2, -0.15) is 0 Å². The first kappa shape index (κ1) is 21.9. The molecule has 4 nitrogen and oxygen atoms in total. The van der Waals surface area contributed by atoms with Crippen molar-refractivity contribution in [3.8, 4) is 11.5 Å². The van der Waals surface area contributed by atoms with Gasteiger partial charge in [0.1, 0.15) is 29.0 Å². The van der Waals surface area contributed by atoms with Crippen LogP contribution in [0.25, 0.3) is 0 Å². The molecule has 7 heteroatoms. The summed E-state index contributed by atoms with van der Waals surface area (Å²) in [6.07, 6.45) is 1.40. The zero-order chi connectivity index (χ0) is 22.5. The third kappa shape index (κ3) is 5.48. The van der Waals surface area contributed by atoms with Crippen LogP contribution >= 0.6 is 0 Å². The van der Waals surface area contributed by atoms with E-state index >= 15 is 0 Å². The number of piperidine rings is 1. The minimum Gasteiger partial charge on any atom is -0.457 e. The summed E-state index contributed by atoms with van der Waals surface area (Å²) in [7, 11) is 0. The SMILES string of the molecule is O=C(NC1CCN(Cc2c(F)cccc2F)CC1)c1ccc(Oc2ccc(F)cc2)cc1. The normalized spacial score (nSPS) is 14.8. The molecule has 0 saturated carbocycles. The van der Waals surface area contributed by atoms with Crippen molar-refractivity contribution in [3.63, 3.8) is 0 Å². The smallest absolute Gasteiger partial charge is 0.251 e. The van der Waals surface area contributed by atoms with Crippen LogP contribution in [-0.2, 0) is 6.54 Å². The zero-order valence-electron chi connectivity index (χ0n) is 17.4. The summed E-state index contributed by atoms with van der Waals surface area (Å²) in [4.78, 5) is 14.6. The number of rotatable bonds is 6. The van der Waals surface area contributed by atoms with E-state index in [1.54, 1.807) is 24.3 Å². The van der Waals surface area contributed by atoms with E-state index in [0.717, 1.165) is 0 Å². The maximum atomic E-state index is 13.9. The maximum absolute atomic E-state index is 13.9. The van der Waals surface area contributed by atoms with Crippen LogP contribution in [0.1, 0.15) is 28.8 Å². The summed E-state index contributed by atoms with van der Waals surface area (Å²) in [5.74, 6) is -0.543. The van der Waals surface area contributed by atoms with Crippen molar-refractivity contribution in [2.24, 2.45) is 0 Å². The standard InChI is InChI=1S/C25H23F3N2O2/c26-18-6-10-21(11-7-18)32-20-8-4-17(5-9-20)25(31)29-19-12-14-30(15-13-19)16-22-23(27)2-1-3-24(22)28/h1-11,19H,12-16H2,(H,29,31). The molecule has 1 heterocycles. The monoisotopic (exact) mass is 440 g/mol. The summed E-state index contributed by atoms with van der Waals surface area (Å²) in [6, 6.07) is 16.3. The van der Waals surface area contributed by atoms with E-state index in [9.17, 15) is 18.0 Å². The molecule has 3 aromatic rings. The number of carbonyl (C=O) groups is 1. The van der Waals surface area contributed by atoms with E-state index in [4.69, 9.17) is 4.74 Å². The summed E-state index contributed by atoms with van der Waals surface area (Å²) in [6.45, 7) is 1.50. The van der Waals surface area contributed by atoms with Crippen molar-refractivity contribution < 1.29 is 22.7 Å². The predicted octanol–water partition coefficient (Wildman–Crippen LogP) is 5.29. The van der Waals surface area contributed by atoms with Gasteiger partial charge < -0.3 is 10.1 Å². The Labute approximate surface area is 184 Å². The van der Waals surface area contributed by atoms with Crippen LogP contribution in [0, 0.1) is 17.5 Å². The molecule has 32 heavy (non-hydrogen) atoms. The zero-order valence-corrected chi connectivity index (χ0v) is 17.4. The van der Waals surface area contributed by atoms with Gasteiger partial charge in [0.2, 0.25) is 0 Å². The average Bonchev–Trinajstić information content (AvgIpc) is 2.79. The maximum Gasteiger partial charge on any atom is 0.251 e. The van der Waals surface area contributed by atoms with Gasteiger partial charge in [-0.15, -0.1) is 0 Å². The third-order valence-electron chi connectivity index (χ3n) is 5.53. The molecule has 1 saturated heterocycles. The van der Waals surface area contributed by atoms with E-state index in [1.165, 1.54) is 42.5 Å². The molecule has 1 aliphatic heterocycles. The number of ether oxygens (including phenoxy) is 1. The quantitative estimate of drug-likeness (QED) is 0.566. The van der Waals surface area contributed by atoms with Gasteiger partial charge >= 0.3 is 0 Å². The fraction of sp³-hybridized carbons (Fsp3) is 0.240. The molecule has 1 aliphatic rings. The molecular weight excluding hydrogens is 417 g/mol. The average molecular weight is 440 g/mol. The lowest BCUT2D eigenvalue weighted by Gasteiger charge is -2.32. The highest BCUT2D eigenvalue weighted by Gasteiger charge is 2.23. The molecule has 1 N–H and O–H groups in total. The first-order valence-electron chi connectivity index (χ1n) is 10.5. The van der Waals surface area contributed by atoms with Crippen LogP contribution in [0.4, 0.5) is 13.2 Å². The fourth-order valence-corrected chi connectivity index (χ4v) is 3.72. The number of nitrogens with zero attached hydrogens (tertiary/aromatic N) is 1. The fourth-order valence-electron chi connectivity index (χ4n) is 3.72. The topological polar surface area (TPSA) is 41.6 Å². The molecule has 0 bridgehead atoms. The Morgan fingerprint density at radius 1 is 0.875 bits per heavy atom. The first-order chi connectivity index (χ1) is 15.5. The van der Waals surface area contributed by atoms with Crippen LogP contribution < -0.4 is 10.1 Å². The molecule has 4 rings (SSSR count). The molecule has 166 valence electrons.